The second-order valence-electron chi connectivity index (χ2n) is 6.68. The van der Waals surface area contributed by atoms with Crippen LogP contribution in [0, 0.1) is 5.92 Å². The van der Waals surface area contributed by atoms with E-state index in [1.807, 2.05) is 46.0 Å². The van der Waals surface area contributed by atoms with Gasteiger partial charge in [0.15, 0.2) is 11.5 Å². The number of hydrogen-bond donors (Lipinski definition) is 1. The summed E-state index contributed by atoms with van der Waals surface area (Å²) in [6.07, 6.45) is 2.04. The van der Waals surface area contributed by atoms with Crippen molar-refractivity contribution in [2.24, 2.45) is 5.92 Å². The molecule has 6 heteroatoms. The van der Waals surface area contributed by atoms with E-state index in [0.717, 1.165) is 43.9 Å². The van der Waals surface area contributed by atoms with E-state index in [1.54, 1.807) is 4.90 Å². The van der Waals surface area contributed by atoms with Gasteiger partial charge in [-0.1, -0.05) is 6.07 Å². The Morgan fingerprint density at radius 3 is 2.54 bits per heavy atom. The molecule has 0 aromatic heterocycles. The molecule has 2 amide bonds. The van der Waals surface area contributed by atoms with Crippen LogP contribution in [0.25, 0.3) is 0 Å². The van der Waals surface area contributed by atoms with Gasteiger partial charge < -0.3 is 24.4 Å². The quantitative estimate of drug-likeness (QED) is 0.765. The smallest absolute Gasteiger partial charge is 0.317 e. The molecule has 6 nitrogen and oxygen atoms in total. The average molecular weight is 364 g/mol. The Morgan fingerprint density at radius 2 is 1.88 bits per heavy atom. The zero-order valence-electron chi connectivity index (χ0n) is 16.4. The molecular weight excluding hydrogens is 332 g/mol. The van der Waals surface area contributed by atoms with E-state index in [-0.39, 0.29) is 12.1 Å². The second-order valence-corrected chi connectivity index (χ2v) is 6.68. The highest BCUT2D eigenvalue weighted by atomic mass is 16.5. The Hall–Kier alpha value is -1.95. The van der Waals surface area contributed by atoms with Crippen LogP contribution in [-0.2, 0) is 4.74 Å². The van der Waals surface area contributed by atoms with Crippen molar-refractivity contribution in [3.05, 3.63) is 23.8 Å². The highest BCUT2D eigenvalue weighted by molar-refractivity contribution is 5.74. The number of urea groups is 1. The van der Waals surface area contributed by atoms with Crippen LogP contribution in [0.5, 0.6) is 11.5 Å². The van der Waals surface area contributed by atoms with Gasteiger partial charge in [-0.3, -0.25) is 0 Å². The van der Waals surface area contributed by atoms with Crippen LogP contribution in [0.1, 0.15) is 45.2 Å². The molecule has 1 fully saturated rings. The summed E-state index contributed by atoms with van der Waals surface area (Å²) in [6, 6.07) is 5.64. The Labute approximate surface area is 156 Å². The topological polar surface area (TPSA) is 60.0 Å². The molecule has 0 bridgehead atoms. The van der Waals surface area contributed by atoms with Gasteiger partial charge in [0.25, 0.3) is 0 Å². The second kappa shape index (κ2) is 10.3. The molecule has 1 N–H and O–H groups in total. The maximum Gasteiger partial charge on any atom is 0.317 e. The molecule has 1 heterocycles. The molecule has 2 rings (SSSR count). The Balaban J connectivity index is 1.95. The fourth-order valence-electron chi connectivity index (χ4n) is 3.11. The highest BCUT2D eigenvalue weighted by Crippen LogP contribution is 2.30. The molecule has 1 aliphatic heterocycles. The fourth-order valence-corrected chi connectivity index (χ4v) is 3.11. The van der Waals surface area contributed by atoms with Gasteiger partial charge in [0.2, 0.25) is 0 Å². The largest absolute Gasteiger partial charge is 0.490 e. The van der Waals surface area contributed by atoms with Crippen molar-refractivity contribution >= 4 is 6.03 Å². The molecule has 0 spiro atoms. The van der Waals surface area contributed by atoms with Gasteiger partial charge in [-0.05, 0) is 57.2 Å². The molecule has 1 aliphatic rings. The highest BCUT2D eigenvalue weighted by Gasteiger charge is 2.20. The van der Waals surface area contributed by atoms with Crippen LogP contribution in [0.4, 0.5) is 4.79 Å². The van der Waals surface area contributed by atoms with Gasteiger partial charge in [-0.2, -0.15) is 0 Å². The lowest BCUT2D eigenvalue weighted by molar-refractivity contribution is 0.0585. The minimum atomic E-state index is -0.116. The van der Waals surface area contributed by atoms with E-state index in [0.29, 0.717) is 24.9 Å². The van der Waals surface area contributed by atoms with Gasteiger partial charge in [-0.15, -0.1) is 0 Å². The van der Waals surface area contributed by atoms with Crippen LogP contribution >= 0.6 is 0 Å². The van der Waals surface area contributed by atoms with Crippen molar-refractivity contribution < 1.29 is 19.0 Å². The molecule has 0 saturated carbocycles. The summed E-state index contributed by atoms with van der Waals surface area (Å²) >= 11 is 0. The maximum absolute atomic E-state index is 12.5. The van der Waals surface area contributed by atoms with E-state index < -0.39 is 0 Å². The fraction of sp³-hybridized carbons (Fsp3) is 0.650. The molecular formula is C20H32N2O4. The molecule has 1 unspecified atom stereocenters. The van der Waals surface area contributed by atoms with Crippen molar-refractivity contribution in [2.75, 3.05) is 40.0 Å². The van der Waals surface area contributed by atoms with E-state index in [4.69, 9.17) is 14.2 Å². The number of nitrogens with one attached hydrogen (secondary N) is 1. The van der Waals surface area contributed by atoms with Crippen LogP contribution in [0.15, 0.2) is 18.2 Å². The molecule has 26 heavy (non-hydrogen) atoms. The van der Waals surface area contributed by atoms with E-state index in [9.17, 15) is 4.79 Å². The number of hydrogen-bond acceptors (Lipinski definition) is 4. The van der Waals surface area contributed by atoms with Crippen LogP contribution in [-0.4, -0.2) is 51.0 Å². The number of amides is 2. The van der Waals surface area contributed by atoms with Crippen LogP contribution < -0.4 is 14.8 Å². The zero-order valence-corrected chi connectivity index (χ0v) is 16.4. The molecule has 0 aliphatic carbocycles. The number of ether oxygens (including phenoxy) is 3. The first-order valence-corrected chi connectivity index (χ1v) is 9.54. The summed E-state index contributed by atoms with van der Waals surface area (Å²) in [5.41, 5.74) is 0.990. The molecule has 1 atom stereocenters. The zero-order chi connectivity index (χ0) is 18.9. The molecule has 1 saturated heterocycles. The number of carbonyl (C=O) groups excluding carboxylic acids is 1. The Kier molecular flexibility index (Phi) is 8.04. The summed E-state index contributed by atoms with van der Waals surface area (Å²) in [6.45, 7) is 9.37. The summed E-state index contributed by atoms with van der Waals surface area (Å²) in [5.74, 6) is 1.96. The first kappa shape index (κ1) is 20.4. The van der Waals surface area contributed by atoms with Crippen molar-refractivity contribution in [3.63, 3.8) is 0 Å². The number of rotatable bonds is 8. The minimum Gasteiger partial charge on any atom is -0.490 e. The first-order chi connectivity index (χ1) is 12.5. The monoisotopic (exact) mass is 364 g/mol. The van der Waals surface area contributed by atoms with Gasteiger partial charge in [0.1, 0.15) is 0 Å². The molecule has 146 valence electrons. The SMILES string of the molecule is CCOc1ccc(C(C)NC(=O)N(C)CC2CCOCC2)cc1OCC. The number of benzene rings is 1. The lowest BCUT2D eigenvalue weighted by Crippen LogP contribution is -2.41. The predicted molar refractivity (Wildman–Crippen MR) is 102 cm³/mol. The first-order valence-electron chi connectivity index (χ1n) is 9.54. The summed E-state index contributed by atoms with van der Waals surface area (Å²) < 4.78 is 16.7. The van der Waals surface area contributed by atoms with Crippen LogP contribution in [0.2, 0.25) is 0 Å². The van der Waals surface area contributed by atoms with E-state index in [2.05, 4.69) is 5.32 Å². The van der Waals surface area contributed by atoms with Crippen molar-refractivity contribution in [1.82, 2.24) is 10.2 Å². The van der Waals surface area contributed by atoms with E-state index in [1.165, 1.54) is 0 Å². The van der Waals surface area contributed by atoms with Crippen molar-refractivity contribution in [2.45, 2.75) is 39.7 Å². The van der Waals surface area contributed by atoms with Gasteiger partial charge >= 0.3 is 6.03 Å². The predicted octanol–water partition coefficient (Wildman–Crippen LogP) is 3.61. The molecule has 1 aromatic rings. The lowest BCUT2D eigenvalue weighted by Gasteiger charge is -2.28. The normalized spacial score (nSPS) is 16.0. The maximum atomic E-state index is 12.5. The van der Waals surface area contributed by atoms with Gasteiger partial charge in [0, 0.05) is 26.8 Å². The summed E-state index contributed by atoms with van der Waals surface area (Å²) in [4.78, 5) is 14.3. The number of carbonyl (C=O) groups is 1. The van der Waals surface area contributed by atoms with Crippen molar-refractivity contribution in [3.8, 4) is 11.5 Å². The molecule has 0 radical (unpaired) electrons. The van der Waals surface area contributed by atoms with E-state index >= 15 is 0 Å². The summed E-state index contributed by atoms with van der Waals surface area (Å²) in [7, 11) is 1.85. The third-order valence-electron chi connectivity index (χ3n) is 4.63. The minimum absolute atomic E-state index is 0.0594. The van der Waals surface area contributed by atoms with Gasteiger partial charge in [-0.25, -0.2) is 4.79 Å². The summed E-state index contributed by atoms with van der Waals surface area (Å²) in [5, 5.41) is 3.07. The van der Waals surface area contributed by atoms with Crippen molar-refractivity contribution in [1.29, 1.82) is 0 Å². The number of nitrogens with zero attached hydrogens (tertiary/aromatic N) is 1. The Morgan fingerprint density at radius 1 is 1.23 bits per heavy atom. The lowest BCUT2D eigenvalue weighted by atomic mass is 10.00. The standard InChI is InChI=1S/C20H32N2O4/c1-5-25-18-8-7-17(13-19(18)26-6-2)15(3)21-20(23)22(4)14-16-9-11-24-12-10-16/h7-8,13,15-16H,5-6,9-12,14H2,1-4H3,(H,21,23). The Bertz CT molecular complexity index is 573. The van der Waals surface area contributed by atoms with Crippen LogP contribution in [0.3, 0.4) is 0 Å². The third-order valence-corrected chi connectivity index (χ3v) is 4.63. The molecule has 1 aromatic carbocycles. The average Bonchev–Trinajstić information content (AvgIpc) is 2.64. The third kappa shape index (κ3) is 5.80. The van der Waals surface area contributed by atoms with Gasteiger partial charge in [0.05, 0.1) is 19.3 Å².